The van der Waals surface area contributed by atoms with E-state index in [9.17, 15) is 5.26 Å². The molecule has 0 spiro atoms. The number of rotatable bonds is 5. The van der Waals surface area contributed by atoms with Gasteiger partial charge >= 0.3 is 0 Å². The minimum atomic E-state index is -0.168. The van der Waals surface area contributed by atoms with E-state index in [0.717, 1.165) is 16.6 Å². The van der Waals surface area contributed by atoms with Crippen LogP contribution in [0.15, 0.2) is 65.9 Å². The third-order valence-corrected chi connectivity index (χ3v) is 3.75. The summed E-state index contributed by atoms with van der Waals surface area (Å²) in [6.45, 7) is 0.280. The van der Waals surface area contributed by atoms with Crippen LogP contribution in [0.25, 0.3) is 21.3 Å². The molecule has 0 saturated heterocycles. The molecule has 0 aliphatic heterocycles. The lowest BCUT2D eigenvalue weighted by Crippen LogP contribution is -2.14. The van der Waals surface area contributed by atoms with Crippen LogP contribution in [0.3, 0.4) is 0 Å². The SMILES string of the molecule is N#Cc1cccc2c(NC(CN=[N+]=[N-])c3ccccc3)ccnc12. The van der Waals surface area contributed by atoms with Gasteiger partial charge in [-0.1, -0.05) is 47.6 Å². The Labute approximate surface area is 139 Å². The van der Waals surface area contributed by atoms with Crippen LogP contribution < -0.4 is 5.32 Å². The third kappa shape index (κ3) is 3.12. The van der Waals surface area contributed by atoms with Crippen LogP contribution in [-0.4, -0.2) is 11.5 Å². The first-order valence-electron chi connectivity index (χ1n) is 7.43. The Morgan fingerprint density at radius 1 is 1.17 bits per heavy atom. The van der Waals surface area contributed by atoms with Crippen LogP contribution in [0.1, 0.15) is 17.2 Å². The predicted molar refractivity (Wildman–Crippen MR) is 93.3 cm³/mol. The average Bonchev–Trinajstić information content (AvgIpc) is 2.65. The molecule has 2 aromatic carbocycles. The number of para-hydroxylation sites is 1. The molecular formula is C18H14N6. The zero-order valence-electron chi connectivity index (χ0n) is 12.8. The molecule has 0 saturated carbocycles. The molecule has 0 bridgehead atoms. The van der Waals surface area contributed by atoms with Crippen molar-refractivity contribution >= 4 is 16.6 Å². The van der Waals surface area contributed by atoms with E-state index in [1.165, 1.54) is 0 Å². The summed E-state index contributed by atoms with van der Waals surface area (Å²) in [5.41, 5.74) is 11.7. The van der Waals surface area contributed by atoms with E-state index < -0.39 is 0 Å². The van der Waals surface area contributed by atoms with Crippen LogP contribution in [0.2, 0.25) is 0 Å². The Hall–Kier alpha value is -3.55. The minimum Gasteiger partial charge on any atom is -0.378 e. The zero-order chi connectivity index (χ0) is 16.8. The van der Waals surface area contributed by atoms with E-state index in [4.69, 9.17) is 5.53 Å². The maximum Gasteiger partial charge on any atom is 0.101 e. The van der Waals surface area contributed by atoms with E-state index >= 15 is 0 Å². The molecule has 1 unspecified atom stereocenters. The van der Waals surface area contributed by atoms with Gasteiger partial charge < -0.3 is 5.32 Å². The number of azide groups is 1. The number of benzene rings is 2. The number of nitriles is 1. The standard InChI is InChI=1S/C18H14N6/c19-11-14-7-4-8-15-16(9-10-21-18(14)15)23-17(12-22-24-20)13-5-2-1-3-6-13/h1-10,17H,12H2,(H,21,23). The number of hydrogen-bond acceptors (Lipinski definition) is 4. The summed E-state index contributed by atoms with van der Waals surface area (Å²) in [5.74, 6) is 0. The van der Waals surface area contributed by atoms with Gasteiger partial charge in [0.25, 0.3) is 0 Å². The molecule has 3 aromatic rings. The first-order valence-corrected chi connectivity index (χ1v) is 7.43. The number of anilines is 1. The van der Waals surface area contributed by atoms with Gasteiger partial charge in [-0.05, 0) is 23.2 Å². The molecule has 0 amide bonds. The fourth-order valence-corrected chi connectivity index (χ4v) is 2.62. The Bertz CT molecular complexity index is 939. The van der Waals surface area contributed by atoms with Gasteiger partial charge in [0.2, 0.25) is 0 Å². The molecule has 1 atom stereocenters. The van der Waals surface area contributed by atoms with Crippen molar-refractivity contribution in [3.05, 3.63) is 82.4 Å². The summed E-state index contributed by atoms with van der Waals surface area (Å²) in [5, 5.41) is 17.2. The largest absolute Gasteiger partial charge is 0.378 e. The van der Waals surface area contributed by atoms with E-state index in [0.29, 0.717) is 11.1 Å². The molecule has 0 radical (unpaired) electrons. The lowest BCUT2D eigenvalue weighted by atomic mass is 10.0. The summed E-state index contributed by atoms with van der Waals surface area (Å²) in [4.78, 5) is 7.17. The van der Waals surface area contributed by atoms with Crippen molar-refractivity contribution in [2.45, 2.75) is 6.04 Å². The highest BCUT2D eigenvalue weighted by Crippen LogP contribution is 2.27. The number of nitrogens with zero attached hydrogens (tertiary/aromatic N) is 5. The second kappa shape index (κ2) is 7.14. The van der Waals surface area contributed by atoms with Crippen LogP contribution in [0.5, 0.6) is 0 Å². The topological polar surface area (TPSA) is 97.5 Å². The van der Waals surface area contributed by atoms with E-state index in [1.807, 2.05) is 48.5 Å². The van der Waals surface area contributed by atoms with Gasteiger partial charge in [0.05, 0.1) is 23.7 Å². The number of pyridine rings is 1. The quantitative estimate of drug-likeness (QED) is 0.424. The molecule has 24 heavy (non-hydrogen) atoms. The monoisotopic (exact) mass is 314 g/mol. The van der Waals surface area contributed by atoms with E-state index in [-0.39, 0.29) is 12.6 Å². The van der Waals surface area contributed by atoms with Gasteiger partial charge in [-0.15, -0.1) is 0 Å². The molecule has 6 nitrogen and oxygen atoms in total. The molecule has 6 heteroatoms. The fourth-order valence-electron chi connectivity index (χ4n) is 2.62. The molecule has 1 heterocycles. The molecule has 0 aliphatic carbocycles. The second-order valence-corrected chi connectivity index (χ2v) is 5.19. The van der Waals surface area contributed by atoms with E-state index in [1.54, 1.807) is 12.3 Å². The summed E-state index contributed by atoms with van der Waals surface area (Å²) in [6.07, 6.45) is 1.67. The smallest absolute Gasteiger partial charge is 0.101 e. The lowest BCUT2D eigenvalue weighted by Gasteiger charge is -2.19. The van der Waals surface area contributed by atoms with Crippen LogP contribution in [0.4, 0.5) is 5.69 Å². The van der Waals surface area contributed by atoms with Crippen LogP contribution >= 0.6 is 0 Å². The first-order chi connectivity index (χ1) is 11.8. The third-order valence-electron chi connectivity index (χ3n) is 3.75. The van der Waals surface area contributed by atoms with E-state index in [2.05, 4.69) is 26.4 Å². The fraction of sp³-hybridized carbons (Fsp3) is 0.111. The predicted octanol–water partition coefficient (Wildman–Crippen LogP) is 4.57. The number of aromatic nitrogens is 1. The molecule has 3 rings (SSSR count). The highest BCUT2D eigenvalue weighted by Gasteiger charge is 2.13. The zero-order valence-corrected chi connectivity index (χ0v) is 12.8. The van der Waals surface area contributed by atoms with Crippen molar-refractivity contribution in [3.8, 4) is 6.07 Å². The molecular weight excluding hydrogens is 300 g/mol. The summed E-state index contributed by atoms with van der Waals surface area (Å²) in [7, 11) is 0. The Morgan fingerprint density at radius 2 is 2.00 bits per heavy atom. The maximum absolute atomic E-state index is 9.24. The van der Waals surface area contributed by atoms with Crippen molar-refractivity contribution in [2.75, 3.05) is 11.9 Å². The van der Waals surface area contributed by atoms with Crippen molar-refractivity contribution < 1.29 is 0 Å². The normalized spacial score (nSPS) is 11.3. The minimum absolute atomic E-state index is 0.168. The highest BCUT2D eigenvalue weighted by molar-refractivity contribution is 5.94. The molecule has 1 N–H and O–H groups in total. The molecule has 1 aromatic heterocycles. The van der Waals surface area contributed by atoms with Crippen LogP contribution in [0, 0.1) is 11.3 Å². The lowest BCUT2D eigenvalue weighted by molar-refractivity contribution is 0.786. The van der Waals surface area contributed by atoms with Gasteiger partial charge in [-0.2, -0.15) is 5.26 Å². The average molecular weight is 314 g/mol. The molecule has 0 aliphatic rings. The number of hydrogen-bond donors (Lipinski definition) is 1. The van der Waals surface area contributed by atoms with Gasteiger partial charge in [0.1, 0.15) is 6.07 Å². The van der Waals surface area contributed by atoms with Gasteiger partial charge in [-0.3, -0.25) is 4.98 Å². The summed E-state index contributed by atoms with van der Waals surface area (Å²) >= 11 is 0. The van der Waals surface area contributed by atoms with Crippen LogP contribution in [-0.2, 0) is 0 Å². The van der Waals surface area contributed by atoms with Crippen molar-refractivity contribution in [3.63, 3.8) is 0 Å². The van der Waals surface area contributed by atoms with Gasteiger partial charge in [0, 0.05) is 22.2 Å². The van der Waals surface area contributed by atoms with Gasteiger partial charge in [-0.25, -0.2) is 0 Å². The number of nitrogens with one attached hydrogen (secondary N) is 1. The molecule has 116 valence electrons. The van der Waals surface area contributed by atoms with Crippen molar-refractivity contribution in [1.29, 1.82) is 5.26 Å². The summed E-state index contributed by atoms with van der Waals surface area (Å²) in [6, 6.07) is 19.1. The Morgan fingerprint density at radius 3 is 2.75 bits per heavy atom. The highest BCUT2D eigenvalue weighted by atomic mass is 15.1. The molecule has 0 fully saturated rings. The number of fused-ring (bicyclic) bond motifs is 1. The van der Waals surface area contributed by atoms with Crippen molar-refractivity contribution in [1.82, 2.24) is 4.98 Å². The first kappa shape index (κ1) is 15.3. The second-order valence-electron chi connectivity index (χ2n) is 5.19. The maximum atomic E-state index is 9.24. The Balaban J connectivity index is 2.03. The Kier molecular flexibility index (Phi) is 4.57. The summed E-state index contributed by atoms with van der Waals surface area (Å²) < 4.78 is 0. The van der Waals surface area contributed by atoms with Crippen molar-refractivity contribution in [2.24, 2.45) is 5.11 Å². The van der Waals surface area contributed by atoms with Gasteiger partial charge in [0.15, 0.2) is 0 Å².